The zero-order valence-electron chi connectivity index (χ0n) is 13.5. The Morgan fingerprint density at radius 2 is 2.16 bits per heavy atom. The van der Waals surface area contributed by atoms with Crippen LogP contribution in [-0.4, -0.2) is 54.1 Å². The number of fused-ring (bicyclic) bond motifs is 3. The molecule has 1 aromatic carbocycles. The number of rotatable bonds is 3. The lowest BCUT2D eigenvalue weighted by Crippen LogP contribution is -2.53. The minimum atomic E-state index is -0.643. The van der Waals surface area contributed by atoms with Crippen molar-refractivity contribution in [3.63, 3.8) is 0 Å². The van der Waals surface area contributed by atoms with Crippen LogP contribution >= 0.6 is 15.9 Å². The highest BCUT2D eigenvalue weighted by atomic mass is 79.9. The fourth-order valence-electron chi connectivity index (χ4n) is 3.75. The monoisotopic (exact) mass is 404 g/mol. The average molecular weight is 405 g/mol. The van der Waals surface area contributed by atoms with Crippen LogP contribution in [0.4, 0.5) is 10.5 Å². The number of piperazine rings is 1. The van der Waals surface area contributed by atoms with E-state index < -0.39 is 11.9 Å². The van der Waals surface area contributed by atoms with Gasteiger partial charge in [0.1, 0.15) is 5.71 Å². The van der Waals surface area contributed by atoms with Gasteiger partial charge in [-0.3, -0.25) is 14.9 Å². The maximum atomic E-state index is 12.5. The van der Waals surface area contributed by atoms with Crippen molar-refractivity contribution in [2.75, 3.05) is 24.5 Å². The van der Waals surface area contributed by atoms with Gasteiger partial charge in [-0.1, -0.05) is 15.9 Å². The summed E-state index contributed by atoms with van der Waals surface area (Å²) in [5.74, 6) is -0.480. The number of hydrogen-bond acceptors (Lipinski definition) is 4. The zero-order valence-corrected chi connectivity index (χ0v) is 15.1. The first-order valence-corrected chi connectivity index (χ1v) is 9.06. The van der Waals surface area contributed by atoms with Crippen LogP contribution in [0.2, 0.25) is 0 Å². The number of hydrogen-bond donors (Lipinski definition) is 1. The van der Waals surface area contributed by atoms with E-state index in [1.54, 1.807) is 0 Å². The molecule has 3 heterocycles. The van der Waals surface area contributed by atoms with E-state index in [0.29, 0.717) is 19.1 Å². The predicted octanol–water partition coefficient (Wildman–Crippen LogP) is 1.49. The highest BCUT2D eigenvalue weighted by molar-refractivity contribution is 9.10. The number of halogens is 1. The summed E-state index contributed by atoms with van der Waals surface area (Å²) >= 11 is 3.51. The maximum absolute atomic E-state index is 12.5. The van der Waals surface area contributed by atoms with Gasteiger partial charge < -0.3 is 9.80 Å². The lowest BCUT2D eigenvalue weighted by atomic mass is 10.1. The highest BCUT2D eigenvalue weighted by Gasteiger charge is 2.35. The van der Waals surface area contributed by atoms with E-state index in [1.165, 1.54) is 11.3 Å². The van der Waals surface area contributed by atoms with Crippen molar-refractivity contribution in [3.05, 3.63) is 28.2 Å². The van der Waals surface area contributed by atoms with Crippen LogP contribution < -0.4 is 10.2 Å². The third-order valence-corrected chi connectivity index (χ3v) is 5.43. The van der Waals surface area contributed by atoms with Crippen molar-refractivity contribution < 1.29 is 14.4 Å². The van der Waals surface area contributed by atoms with Crippen LogP contribution in [0.5, 0.6) is 0 Å². The molecule has 3 aliphatic heterocycles. The zero-order chi connectivity index (χ0) is 17.6. The first kappa shape index (κ1) is 16.3. The number of anilines is 1. The molecule has 4 amide bonds. The van der Waals surface area contributed by atoms with Gasteiger partial charge in [-0.25, -0.2) is 4.79 Å². The van der Waals surface area contributed by atoms with E-state index >= 15 is 0 Å². The number of carbonyl (C=O) groups excluding carboxylic acids is 3. The van der Waals surface area contributed by atoms with Gasteiger partial charge in [-0.05, 0) is 30.2 Å². The molecule has 4 rings (SSSR count). The predicted molar refractivity (Wildman–Crippen MR) is 95.8 cm³/mol. The van der Waals surface area contributed by atoms with Crippen molar-refractivity contribution >= 4 is 45.2 Å². The molecule has 25 heavy (non-hydrogen) atoms. The number of benzene rings is 1. The summed E-state index contributed by atoms with van der Waals surface area (Å²) in [5.41, 5.74) is 2.72. The van der Waals surface area contributed by atoms with Crippen LogP contribution in [0.25, 0.3) is 0 Å². The minimum absolute atomic E-state index is 0.00614. The summed E-state index contributed by atoms with van der Waals surface area (Å²) in [4.78, 5) is 42.8. The van der Waals surface area contributed by atoms with Gasteiger partial charge in [-0.15, -0.1) is 0 Å². The van der Waals surface area contributed by atoms with Gasteiger partial charge in [-0.2, -0.15) is 4.99 Å². The molecular weight excluding hydrogens is 388 g/mol. The third kappa shape index (κ3) is 3.06. The van der Waals surface area contributed by atoms with Crippen LogP contribution in [0.15, 0.2) is 27.7 Å². The fraction of sp³-hybridized carbons (Fsp3) is 0.412. The summed E-state index contributed by atoms with van der Waals surface area (Å²) in [6.07, 6.45) is 1.33. The van der Waals surface area contributed by atoms with Crippen molar-refractivity contribution in [2.24, 2.45) is 4.99 Å². The third-order valence-electron chi connectivity index (χ3n) is 4.94. The maximum Gasteiger partial charge on any atom is 0.348 e. The second kappa shape index (κ2) is 6.25. The van der Waals surface area contributed by atoms with Gasteiger partial charge in [0.25, 0.3) is 5.91 Å². The van der Waals surface area contributed by atoms with Gasteiger partial charge >= 0.3 is 6.03 Å². The quantitative estimate of drug-likeness (QED) is 0.827. The second-order valence-corrected chi connectivity index (χ2v) is 7.40. The molecule has 8 heteroatoms. The molecule has 130 valence electrons. The molecule has 3 aliphatic rings. The van der Waals surface area contributed by atoms with Gasteiger partial charge in [0.05, 0.1) is 6.04 Å². The Morgan fingerprint density at radius 3 is 2.92 bits per heavy atom. The molecule has 7 nitrogen and oxygen atoms in total. The van der Waals surface area contributed by atoms with E-state index in [-0.39, 0.29) is 24.5 Å². The largest absolute Gasteiger partial charge is 0.364 e. The lowest BCUT2D eigenvalue weighted by Gasteiger charge is -2.39. The van der Waals surface area contributed by atoms with E-state index in [2.05, 4.69) is 43.3 Å². The van der Waals surface area contributed by atoms with E-state index in [4.69, 9.17) is 0 Å². The molecule has 0 bridgehead atoms. The standard InChI is InChI=1S/C17H17BrN4O3/c18-11-1-3-14-10(7-11)8-12-9-21(5-6-22(12)14)15(23)4-2-13-16(24)20-17(25)19-13/h1,3,7,12H,2,4-6,8-9H2,(H,20,24,25). The van der Waals surface area contributed by atoms with E-state index in [9.17, 15) is 14.4 Å². The molecule has 1 aromatic rings. The van der Waals surface area contributed by atoms with Crippen LogP contribution in [0.3, 0.4) is 0 Å². The SMILES string of the molecule is O=C1N=C(CCC(=O)N2CCN3c4ccc(Br)cc4CC3C2)C(=O)N1. The Bertz CT molecular complexity index is 807. The van der Waals surface area contributed by atoms with Crippen molar-refractivity contribution in [1.29, 1.82) is 0 Å². The number of carbonyl (C=O) groups is 3. The minimum Gasteiger partial charge on any atom is -0.364 e. The molecule has 0 aliphatic carbocycles. The normalized spacial score (nSPS) is 21.8. The summed E-state index contributed by atoms with van der Waals surface area (Å²) in [6.45, 7) is 2.16. The van der Waals surface area contributed by atoms with Gasteiger partial charge in [0.2, 0.25) is 5.91 Å². The highest BCUT2D eigenvalue weighted by Crippen LogP contribution is 2.35. The van der Waals surface area contributed by atoms with E-state index in [1.807, 2.05) is 11.0 Å². The van der Waals surface area contributed by atoms with Crippen LogP contribution in [0, 0.1) is 0 Å². The molecule has 0 aromatic heterocycles. The lowest BCUT2D eigenvalue weighted by molar-refractivity contribution is -0.131. The van der Waals surface area contributed by atoms with Crippen LogP contribution in [-0.2, 0) is 16.0 Å². The molecule has 1 saturated heterocycles. The number of imide groups is 1. The fourth-order valence-corrected chi connectivity index (χ4v) is 4.16. The number of urea groups is 1. The second-order valence-electron chi connectivity index (χ2n) is 6.48. The summed E-state index contributed by atoms with van der Waals surface area (Å²) in [5, 5.41) is 2.10. The Balaban J connectivity index is 1.37. The van der Waals surface area contributed by atoms with Crippen LogP contribution in [0.1, 0.15) is 18.4 Å². The first-order chi connectivity index (χ1) is 12.0. The average Bonchev–Trinajstić information content (AvgIpc) is 3.10. The Labute approximate surface area is 153 Å². The molecule has 0 saturated carbocycles. The molecule has 1 N–H and O–H groups in total. The number of nitrogens with zero attached hydrogens (tertiary/aromatic N) is 3. The molecule has 1 fully saturated rings. The Kier molecular flexibility index (Phi) is 4.07. The molecule has 1 unspecified atom stereocenters. The Hall–Kier alpha value is -2.22. The molecule has 1 atom stereocenters. The molecular formula is C17H17BrN4O3. The Morgan fingerprint density at radius 1 is 1.32 bits per heavy atom. The molecule has 0 spiro atoms. The smallest absolute Gasteiger partial charge is 0.348 e. The number of nitrogens with one attached hydrogen (secondary N) is 1. The van der Waals surface area contributed by atoms with Crippen molar-refractivity contribution in [2.45, 2.75) is 25.3 Å². The topological polar surface area (TPSA) is 82.1 Å². The number of aliphatic imine (C=N–C) groups is 1. The summed E-state index contributed by atoms with van der Waals surface area (Å²) < 4.78 is 1.07. The molecule has 0 radical (unpaired) electrons. The first-order valence-electron chi connectivity index (χ1n) is 8.27. The van der Waals surface area contributed by atoms with Gasteiger partial charge in [0, 0.05) is 42.6 Å². The van der Waals surface area contributed by atoms with E-state index in [0.717, 1.165) is 17.4 Å². The number of amides is 4. The van der Waals surface area contributed by atoms with Gasteiger partial charge in [0.15, 0.2) is 0 Å². The summed E-state index contributed by atoms with van der Waals surface area (Å²) in [7, 11) is 0. The van der Waals surface area contributed by atoms with Crippen molar-refractivity contribution in [1.82, 2.24) is 10.2 Å². The summed E-state index contributed by atoms with van der Waals surface area (Å²) in [6, 6.07) is 5.98. The van der Waals surface area contributed by atoms with Crippen molar-refractivity contribution in [3.8, 4) is 0 Å².